The molecule has 4 heterocycles. The highest BCUT2D eigenvalue weighted by atomic mass is 79.9. The minimum Gasteiger partial charge on any atom is -0.452 e. The molecule has 2 atom stereocenters. The van der Waals surface area contributed by atoms with Crippen LogP contribution in [0.5, 0.6) is 0 Å². The van der Waals surface area contributed by atoms with Gasteiger partial charge in [-0.3, -0.25) is 9.48 Å². The van der Waals surface area contributed by atoms with E-state index in [4.69, 9.17) is 4.42 Å². The van der Waals surface area contributed by atoms with Crippen molar-refractivity contribution < 1.29 is 22.4 Å². The van der Waals surface area contributed by atoms with Gasteiger partial charge in [0.05, 0.1) is 16.2 Å². The number of nitrogens with one attached hydrogen (secondary N) is 2. The summed E-state index contributed by atoms with van der Waals surface area (Å²) in [6.07, 6.45) is -4.90. The zero-order valence-corrected chi connectivity index (χ0v) is 20.4. The Kier molecular flexibility index (Phi) is 5.90. The molecule has 3 aromatic rings. The topological polar surface area (TPSA) is 89.9 Å². The van der Waals surface area contributed by atoms with Gasteiger partial charge in [0, 0.05) is 31.3 Å². The second kappa shape index (κ2) is 8.25. The van der Waals surface area contributed by atoms with Crippen molar-refractivity contribution in [2.24, 2.45) is 7.05 Å². The van der Waals surface area contributed by atoms with E-state index in [0.717, 1.165) is 21.6 Å². The summed E-state index contributed by atoms with van der Waals surface area (Å²) in [5, 5.41) is 14.0. The lowest BCUT2D eigenvalue weighted by atomic mass is 10.0. The summed E-state index contributed by atoms with van der Waals surface area (Å²) in [6.45, 7) is 3.88. The van der Waals surface area contributed by atoms with Crippen LogP contribution in [0.1, 0.15) is 51.7 Å². The fourth-order valence-electron chi connectivity index (χ4n) is 3.76. The molecule has 0 fully saturated rings. The van der Waals surface area contributed by atoms with Gasteiger partial charge in [0.15, 0.2) is 16.4 Å². The number of nitrogens with zero attached hydrogens (tertiary/aromatic N) is 4. The van der Waals surface area contributed by atoms with Gasteiger partial charge in [-0.15, -0.1) is 0 Å². The quantitative estimate of drug-likeness (QED) is 0.457. The van der Waals surface area contributed by atoms with Crippen molar-refractivity contribution in [3.63, 3.8) is 0 Å². The molecule has 0 aliphatic carbocycles. The smallest absolute Gasteiger partial charge is 0.410 e. The number of fused-ring (bicyclic) bond motifs is 1. The summed E-state index contributed by atoms with van der Waals surface area (Å²) in [7, 11) is 1.80. The summed E-state index contributed by atoms with van der Waals surface area (Å²) in [5.41, 5.74) is 2.36. The van der Waals surface area contributed by atoms with Crippen molar-refractivity contribution in [1.29, 1.82) is 0 Å². The number of alkyl halides is 3. The molecule has 0 saturated carbocycles. The van der Waals surface area contributed by atoms with Crippen LogP contribution in [0.3, 0.4) is 0 Å². The molecule has 1 amide bonds. The fraction of sp³-hybridized carbons (Fsp3) is 0.421. The first kappa shape index (κ1) is 22.9. The van der Waals surface area contributed by atoms with Gasteiger partial charge in [-0.2, -0.15) is 23.4 Å². The Morgan fingerprint density at radius 2 is 2.03 bits per heavy atom. The molecule has 2 N–H and O–H groups in total. The van der Waals surface area contributed by atoms with Crippen LogP contribution >= 0.6 is 31.9 Å². The molecule has 1 aliphatic rings. The van der Waals surface area contributed by atoms with E-state index in [9.17, 15) is 18.0 Å². The summed E-state index contributed by atoms with van der Waals surface area (Å²) in [5.74, 6) is -0.185. The Balaban J connectivity index is 1.64. The maximum atomic E-state index is 13.9. The predicted octanol–water partition coefficient (Wildman–Crippen LogP) is 4.94. The second-order valence-corrected chi connectivity index (χ2v) is 9.12. The molecule has 13 heteroatoms. The minimum atomic E-state index is -4.57. The number of carbonyl (C=O) groups excluding carboxylic acids is 1. The number of aromatic nitrogens is 4. The maximum absolute atomic E-state index is 13.9. The molecule has 3 aromatic heterocycles. The normalized spacial score (nSPS) is 18.4. The van der Waals surface area contributed by atoms with E-state index in [1.165, 1.54) is 0 Å². The molecule has 0 saturated heterocycles. The number of aryl methyl sites for hydroxylation is 2. The van der Waals surface area contributed by atoms with Crippen molar-refractivity contribution in [3.8, 4) is 0 Å². The van der Waals surface area contributed by atoms with Gasteiger partial charge in [-0.1, -0.05) is 0 Å². The van der Waals surface area contributed by atoms with E-state index >= 15 is 0 Å². The van der Waals surface area contributed by atoms with E-state index in [2.05, 4.69) is 52.7 Å². The molecule has 1 aliphatic heterocycles. The van der Waals surface area contributed by atoms with Crippen LogP contribution < -0.4 is 10.6 Å². The first-order valence-electron chi connectivity index (χ1n) is 9.61. The molecule has 0 bridgehead atoms. The number of halogens is 5. The molecule has 0 radical (unpaired) electrons. The monoisotopic (exact) mass is 578 g/mol. The average molecular weight is 580 g/mol. The van der Waals surface area contributed by atoms with Crippen LogP contribution in [-0.2, 0) is 13.6 Å². The van der Waals surface area contributed by atoms with Gasteiger partial charge in [-0.25, -0.2) is 4.68 Å². The Morgan fingerprint density at radius 3 is 2.59 bits per heavy atom. The third-order valence-corrected chi connectivity index (χ3v) is 6.71. The molecule has 0 spiro atoms. The molecule has 8 nitrogen and oxygen atoms in total. The number of anilines is 1. The number of hydrogen-bond donors (Lipinski definition) is 2. The highest BCUT2D eigenvalue weighted by Gasteiger charge is 2.48. The molecule has 4 rings (SSSR count). The Hall–Kier alpha value is -2.28. The van der Waals surface area contributed by atoms with Gasteiger partial charge in [-0.05, 0) is 57.8 Å². The van der Waals surface area contributed by atoms with Crippen molar-refractivity contribution in [2.75, 3.05) is 5.32 Å². The summed E-state index contributed by atoms with van der Waals surface area (Å²) in [4.78, 5) is 12.8. The van der Waals surface area contributed by atoms with Crippen LogP contribution in [0.2, 0.25) is 0 Å². The first-order valence-corrected chi connectivity index (χ1v) is 11.2. The van der Waals surface area contributed by atoms with E-state index in [1.54, 1.807) is 23.9 Å². The SMILES string of the molecule is Cc1nn(C)c(C)c1CNC(=O)c1nn2c(c1Br)N[C@H](c1ccc(Br)o1)C[C@@H]2C(F)(F)F. The molecule has 0 unspecified atom stereocenters. The second-order valence-electron chi connectivity index (χ2n) is 7.54. The van der Waals surface area contributed by atoms with Gasteiger partial charge in [0.1, 0.15) is 11.6 Å². The van der Waals surface area contributed by atoms with E-state index in [0.29, 0.717) is 10.4 Å². The maximum Gasteiger partial charge on any atom is 0.410 e. The highest BCUT2D eigenvalue weighted by Crippen LogP contribution is 2.46. The molecular weight excluding hydrogens is 561 g/mol. The van der Waals surface area contributed by atoms with E-state index in [1.807, 2.05) is 13.8 Å². The van der Waals surface area contributed by atoms with Crippen LogP contribution in [0.25, 0.3) is 0 Å². The zero-order chi connectivity index (χ0) is 23.4. The first-order chi connectivity index (χ1) is 15.0. The summed E-state index contributed by atoms with van der Waals surface area (Å²) >= 11 is 6.43. The van der Waals surface area contributed by atoms with Gasteiger partial charge < -0.3 is 15.1 Å². The lowest BCUT2D eigenvalue weighted by molar-refractivity contribution is -0.174. The fourth-order valence-corrected chi connectivity index (χ4v) is 4.64. The predicted molar refractivity (Wildman–Crippen MR) is 116 cm³/mol. The van der Waals surface area contributed by atoms with Crippen molar-refractivity contribution in [2.45, 2.75) is 45.1 Å². The third kappa shape index (κ3) is 4.07. The Labute approximate surface area is 197 Å². The standard InChI is InChI=1S/C19H19Br2F3N6O2/c1-8-10(9(2)29(3)27-8)7-25-18(31)16-15(21)17-26-11(12-4-5-14(20)32-12)6-13(19(22,23)24)30(17)28-16/h4-5,11,13,26H,6-7H2,1-3H3,(H,25,31)/t11-,13+/m0/s1. The lowest BCUT2D eigenvalue weighted by Crippen LogP contribution is -2.35. The minimum absolute atomic E-state index is 0.0648. The molecule has 172 valence electrons. The molecule has 0 aromatic carbocycles. The number of furan rings is 1. The van der Waals surface area contributed by atoms with Crippen molar-refractivity contribution >= 4 is 43.6 Å². The van der Waals surface area contributed by atoms with Gasteiger partial charge in [0.25, 0.3) is 5.91 Å². The van der Waals surface area contributed by atoms with Crippen molar-refractivity contribution in [3.05, 3.63) is 49.7 Å². The largest absolute Gasteiger partial charge is 0.452 e. The van der Waals surface area contributed by atoms with Crippen LogP contribution in [0.15, 0.2) is 25.7 Å². The number of carbonyl (C=O) groups is 1. The number of rotatable bonds is 4. The number of amides is 1. The molecule has 32 heavy (non-hydrogen) atoms. The third-order valence-electron chi connectivity index (χ3n) is 5.53. The average Bonchev–Trinajstić information content (AvgIpc) is 3.36. The van der Waals surface area contributed by atoms with Crippen LogP contribution in [-0.4, -0.2) is 31.6 Å². The highest BCUT2D eigenvalue weighted by molar-refractivity contribution is 9.10. The Bertz CT molecular complexity index is 1180. The van der Waals surface area contributed by atoms with Gasteiger partial charge in [0.2, 0.25) is 0 Å². The van der Waals surface area contributed by atoms with E-state index < -0.39 is 24.2 Å². The lowest BCUT2D eigenvalue weighted by Gasteiger charge is -2.32. The van der Waals surface area contributed by atoms with E-state index in [-0.39, 0.29) is 29.0 Å². The zero-order valence-electron chi connectivity index (χ0n) is 17.2. The van der Waals surface area contributed by atoms with Gasteiger partial charge >= 0.3 is 6.18 Å². The van der Waals surface area contributed by atoms with Crippen LogP contribution in [0, 0.1) is 13.8 Å². The molecular formula is C19H19Br2F3N6O2. The Morgan fingerprint density at radius 1 is 1.31 bits per heavy atom. The summed E-state index contributed by atoms with van der Waals surface area (Å²) in [6, 6.07) is 0.543. The van der Waals surface area contributed by atoms with Crippen LogP contribution in [0.4, 0.5) is 19.0 Å². The summed E-state index contributed by atoms with van der Waals surface area (Å²) < 4.78 is 50.1. The van der Waals surface area contributed by atoms with Crippen molar-refractivity contribution in [1.82, 2.24) is 24.9 Å². The number of hydrogen-bond acceptors (Lipinski definition) is 5.